The summed E-state index contributed by atoms with van der Waals surface area (Å²) in [4.78, 5) is 22.4. The number of rotatable bonds is 5. The number of imide groups is 1. The van der Waals surface area contributed by atoms with Crippen molar-refractivity contribution in [3.05, 3.63) is 29.8 Å². The summed E-state index contributed by atoms with van der Waals surface area (Å²) >= 11 is 0.990. The summed E-state index contributed by atoms with van der Waals surface area (Å²) < 4.78 is 5.09. The fourth-order valence-electron chi connectivity index (χ4n) is 1.63. The number of nitrogens with one attached hydrogen (secondary N) is 1. The molecule has 19 heavy (non-hydrogen) atoms. The molecule has 1 aliphatic heterocycles. The average Bonchev–Trinajstić information content (AvgIpc) is 2.67. The van der Waals surface area contributed by atoms with Crippen molar-refractivity contribution in [2.45, 2.75) is 18.0 Å². The Hall–Kier alpha value is -1.57. The van der Waals surface area contributed by atoms with Crippen molar-refractivity contribution < 1.29 is 24.5 Å². The number of carbonyl (C=O) groups is 2. The van der Waals surface area contributed by atoms with E-state index in [9.17, 15) is 9.59 Å². The summed E-state index contributed by atoms with van der Waals surface area (Å²) in [5.41, 5.74) is 0.902. The zero-order chi connectivity index (χ0) is 13.8. The van der Waals surface area contributed by atoms with E-state index in [0.29, 0.717) is 12.2 Å². The zero-order valence-corrected chi connectivity index (χ0v) is 10.7. The van der Waals surface area contributed by atoms with Crippen LogP contribution in [0.25, 0.3) is 0 Å². The highest BCUT2D eigenvalue weighted by Crippen LogP contribution is 2.23. The number of aliphatic hydroxyl groups excluding tert-OH is 1. The van der Waals surface area contributed by atoms with Crippen molar-refractivity contribution >= 4 is 22.9 Å². The molecule has 1 aromatic carbocycles. The minimum atomic E-state index is -1.51. The van der Waals surface area contributed by atoms with Gasteiger partial charge in [0.15, 0.2) is 6.29 Å². The Labute approximate surface area is 113 Å². The molecule has 6 nitrogen and oxygen atoms in total. The molecular formula is C12H13NO5S. The van der Waals surface area contributed by atoms with Gasteiger partial charge in [-0.05, 0) is 24.1 Å². The predicted molar refractivity (Wildman–Crippen MR) is 68.8 cm³/mol. The Morgan fingerprint density at radius 3 is 2.47 bits per heavy atom. The second-order valence-corrected chi connectivity index (χ2v) is 5.20. The number of amides is 2. The molecule has 102 valence electrons. The van der Waals surface area contributed by atoms with E-state index in [0.717, 1.165) is 17.3 Å². The van der Waals surface area contributed by atoms with Crippen LogP contribution in [0, 0.1) is 0 Å². The van der Waals surface area contributed by atoms with Crippen molar-refractivity contribution in [2.24, 2.45) is 0 Å². The van der Waals surface area contributed by atoms with Crippen molar-refractivity contribution in [3.8, 4) is 5.75 Å². The van der Waals surface area contributed by atoms with Crippen LogP contribution in [-0.2, 0) is 11.2 Å². The number of aliphatic hydroxyl groups is 2. The maximum Gasteiger partial charge on any atom is 0.286 e. The third-order valence-corrected chi connectivity index (χ3v) is 3.49. The maximum atomic E-state index is 11.4. The SMILES string of the molecule is O=C1NC(=O)C(Cc2ccc(OCC(O)O)cc2)S1. The van der Waals surface area contributed by atoms with Gasteiger partial charge in [0.25, 0.3) is 5.24 Å². The monoisotopic (exact) mass is 283 g/mol. The molecule has 1 saturated heterocycles. The smallest absolute Gasteiger partial charge is 0.286 e. The van der Waals surface area contributed by atoms with E-state index in [1.54, 1.807) is 24.3 Å². The predicted octanol–water partition coefficient (Wildman–Crippen LogP) is 0.270. The lowest BCUT2D eigenvalue weighted by atomic mass is 10.1. The lowest BCUT2D eigenvalue weighted by molar-refractivity contribution is -0.118. The molecule has 2 rings (SSSR count). The molecule has 3 N–H and O–H groups in total. The van der Waals surface area contributed by atoms with Crippen LogP contribution in [0.3, 0.4) is 0 Å². The third kappa shape index (κ3) is 3.95. The van der Waals surface area contributed by atoms with E-state index < -0.39 is 11.5 Å². The summed E-state index contributed by atoms with van der Waals surface area (Å²) in [5.74, 6) is 0.246. The average molecular weight is 283 g/mol. The zero-order valence-electron chi connectivity index (χ0n) is 9.91. The van der Waals surface area contributed by atoms with Crippen molar-refractivity contribution in [2.75, 3.05) is 6.61 Å². The lowest BCUT2D eigenvalue weighted by Crippen LogP contribution is -2.25. The van der Waals surface area contributed by atoms with E-state index >= 15 is 0 Å². The van der Waals surface area contributed by atoms with E-state index in [1.165, 1.54) is 0 Å². The molecule has 0 bridgehead atoms. The number of hydrogen-bond acceptors (Lipinski definition) is 6. The Bertz CT molecular complexity index is 474. The maximum absolute atomic E-state index is 11.4. The molecule has 1 aliphatic rings. The van der Waals surface area contributed by atoms with E-state index in [4.69, 9.17) is 14.9 Å². The summed E-state index contributed by atoms with van der Waals surface area (Å²) in [5, 5.41) is 18.9. The number of carbonyl (C=O) groups excluding carboxylic acids is 2. The highest BCUT2D eigenvalue weighted by atomic mass is 32.2. The lowest BCUT2D eigenvalue weighted by Gasteiger charge is -2.09. The van der Waals surface area contributed by atoms with Crippen molar-refractivity contribution in [1.29, 1.82) is 0 Å². The first-order valence-corrected chi connectivity index (χ1v) is 6.52. The Kier molecular flexibility index (Phi) is 4.41. The standard InChI is InChI=1S/C12H13NO5S/c14-10(15)6-18-8-3-1-7(2-4-8)5-9-11(16)13-12(17)19-9/h1-4,9-10,14-15H,5-6H2,(H,13,16,17). The number of hydrogen-bond donors (Lipinski definition) is 3. The van der Waals surface area contributed by atoms with Crippen LogP contribution in [-0.4, -0.2) is 39.5 Å². The van der Waals surface area contributed by atoms with Crippen LogP contribution in [0.1, 0.15) is 5.56 Å². The van der Waals surface area contributed by atoms with Gasteiger partial charge in [-0.1, -0.05) is 23.9 Å². The first-order chi connectivity index (χ1) is 9.04. The third-order valence-electron chi connectivity index (χ3n) is 2.51. The molecular weight excluding hydrogens is 270 g/mol. The molecule has 1 atom stereocenters. The van der Waals surface area contributed by atoms with Gasteiger partial charge in [-0.25, -0.2) is 0 Å². The second-order valence-electron chi connectivity index (χ2n) is 4.02. The van der Waals surface area contributed by atoms with Gasteiger partial charge in [-0.15, -0.1) is 0 Å². The molecule has 1 aromatic rings. The number of benzene rings is 1. The molecule has 0 aliphatic carbocycles. The largest absolute Gasteiger partial charge is 0.488 e. The molecule has 0 saturated carbocycles. The minimum Gasteiger partial charge on any atom is -0.488 e. The normalized spacial score (nSPS) is 18.8. The van der Waals surface area contributed by atoms with Crippen molar-refractivity contribution in [3.63, 3.8) is 0 Å². The summed E-state index contributed by atoms with van der Waals surface area (Å²) in [6.45, 7) is -0.200. The molecule has 0 aromatic heterocycles. The summed E-state index contributed by atoms with van der Waals surface area (Å²) in [6.07, 6.45) is -1.05. The first kappa shape index (κ1) is 13.9. The molecule has 1 fully saturated rings. The van der Waals surface area contributed by atoms with Gasteiger partial charge in [0.2, 0.25) is 5.91 Å². The second kappa shape index (κ2) is 6.05. The van der Waals surface area contributed by atoms with Gasteiger partial charge < -0.3 is 14.9 Å². The van der Waals surface area contributed by atoms with Gasteiger partial charge in [-0.3, -0.25) is 14.9 Å². The number of thioether (sulfide) groups is 1. The molecule has 0 radical (unpaired) electrons. The molecule has 1 unspecified atom stereocenters. The van der Waals surface area contributed by atoms with Crippen LogP contribution < -0.4 is 10.1 Å². The van der Waals surface area contributed by atoms with Gasteiger partial charge in [0.05, 0.1) is 5.25 Å². The van der Waals surface area contributed by atoms with E-state index in [1.807, 2.05) is 0 Å². The fraction of sp³-hybridized carbons (Fsp3) is 0.333. The minimum absolute atomic E-state index is 0.200. The first-order valence-electron chi connectivity index (χ1n) is 5.64. The summed E-state index contributed by atoms with van der Waals surface area (Å²) in [6, 6.07) is 6.90. The Morgan fingerprint density at radius 2 is 1.95 bits per heavy atom. The Balaban J connectivity index is 1.91. The highest BCUT2D eigenvalue weighted by molar-refractivity contribution is 8.15. The van der Waals surface area contributed by atoms with Gasteiger partial charge in [0.1, 0.15) is 12.4 Å². The Morgan fingerprint density at radius 1 is 1.26 bits per heavy atom. The van der Waals surface area contributed by atoms with Gasteiger partial charge in [-0.2, -0.15) is 0 Å². The van der Waals surface area contributed by atoms with Crippen LogP contribution >= 0.6 is 11.8 Å². The fourth-order valence-corrected chi connectivity index (χ4v) is 2.49. The van der Waals surface area contributed by atoms with Crippen LogP contribution in [0.15, 0.2) is 24.3 Å². The van der Waals surface area contributed by atoms with E-state index in [2.05, 4.69) is 5.32 Å². The van der Waals surface area contributed by atoms with Gasteiger partial charge >= 0.3 is 0 Å². The summed E-state index contributed by atoms with van der Waals surface area (Å²) in [7, 11) is 0. The van der Waals surface area contributed by atoms with Crippen LogP contribution in [0.4, 0.5) is 4.79 Å². The van der Waals surface area contributed by atoms with Gasteiger partial charge in [0, 0.05) is 0 Å². The quantitative estimate of drug-likeness (QED) is 0.671. The molecule has 0 spiro atoms. The van der Waals surface area contributed by atoms with Crippen LogP contribution in [0.2, 0.25) is 0 Å². The molecule has 2 amide bonds. The van der Waals surface area contributed by atoms with E-state index in [-0.39, 0.29) is 17.8 Å². The van der Waals surface area contributed by atoms with Crippen molar-refractivity contribution in [1.82, 2.24) is 5.32 Å². The molecule has 7 heteroatoms. The number of ether oxygens (including phenoxy) is 1. The highest BCUT2D eigenvalue weighted by Gasteiger charge is 2.31. The molecule has 1 heterocycles. The van der Waals surface area contributed by atoms with Crippen LogP contribution in [0.5, 0.6) is 5.75 Å². The topological polar surface area (TPSA) is 95.9 Å².